The van der Waals surface area contributed by atoms with E-state index < -0.39 is 0 Å². The summed E-state index contributed by atoms with van der Waals surface area (Å²) >= 11 is 0. The van der Waals surface area contributed by atoms with Crippen molar-refractivity contribution in [3.05, 3.63) is 0 Å². The summed E-state index contributed by atoms with van der Waals surface area (Å²) in [5.74, 6) is 0. The van der Waals surface area contributed by atoms with E-state index in [0.717, 1.165) is 26.2 Å². The number of hydrogen-bond acceptors (Lipinski definition) is 3. The van der Waals surface area contributed by atoms with E-state index in [-0.39, 0.29) is 0 Å². The molecule has 2 atom stereocenters. The van der Waals surface area contributed by atoms with Gasteiger partial charge in [0, 0.05) is 25.7 Å². The highest BCUT2D eigenvalue weighted by Gasteiger charge is 2.29. The molecule has 2 heterocycles. The maximum absolute atomic E-state index is 5.48. The Hall–Kier alpha value is -0.120. The standard InChI is InChI=1S/C6H12N2O/c1-2-9-6-4-7-3-5(6)8-1/h5-8H,1-4H2/t5-,6+/m0/s1. The first kappa shape index (κ1) is 5.65. The topological polar surface area (TPSA) is 33.3 Å². The lowest BCUT2D eigenvalue weighted by Crippen LogP contribution is -2.47. The molecule has 52 valence electrons. The molecule has 0 aromatic heterocycles. The van der Waals surface area contributed by atoms with Crippen molar-refractivity contribution in [2.75, 3.05) is 26.2 Å². The molecule has 0 saturated carbocycles. The number of hydrogen-bond donors (Lipinski definition) is 2. The lowest BCUT2D eigenvalue weighted by atomic mass is 10.2. The van der Waals surface area contributed by atoms with Crippen molar-refractivity contribution in [3.63, 3.8) is 0 Å². The third kappa shape index (κ3) is 0.956. The zero-order valence-electron chi connectivity index (χ0n) is 5.39. The third-order valence-electron chi connectivity index (χ3n) is 2.00. The molecule has 0 bridgehead atoms. The van der Waals surface area contributed by atoms with Crippen LogP contribution >= 0.6 is 0 Å². The molecule has 0 unspecified atom stereocenters. The van der Waals surface area contributed by atoms with E-state index in [1.165, 1.54) is 0 Å². The van der Waals surface area contributed by atoms with Crippen molar-refractivity contribution in [2.45, 2.75) is 12.1 Å². The second-order valence-electron chi connectivity index (χ2n) is 2.63. The van der Waals surface area contributed by atoms with Crippen molar-refractivity contribution in [1.29, 1.82) is 0 Å². The molecule has 0 aromatic carbocycles. The Balaban J connectivity index is 1.97. The van der Waals surface area contributed by atoms with Gasteiger partial charge in [-0.3, -0.25) is 0 Å². The first-order valence-electron chi connectivity index (χ1n) is 3.52. The molecule has 0 aromatic rings. The summed E-state index contributed by atoms with van der Waals surface area (Å²) in [7, 11) is 0. The number of ether oxygens (including phenoxy) is 1. The Morgan fingerprint density at radius 2 is 2.33 bits per heavy atom. The lowest BCUT2D eigenvalue weighted by Gasteiger charge is -2.25. The maximum atomic E-state index is 5.48. The molecule has 9 heavy (non-hydrogen) atoms. The van der Waals surface area contributed by atoms with Crippen LogP contribution in [0, 0.1) is 0 Å². The number of nitrogens with one attached hydrogen (secondary N) is 2. The summed E-state index contributed by atoms with van der Waals surface area (Å²) in [5, 5.41) is 6.67. The van der Waals surface area contributed by atoms with Gasteiger partial charge in [0.15, 0.2) is 0 Å². The number of fused-ring (bicyclic) bond motifs is 1. The van der Waals surface area contributed by atoms with Crippen molar-refractivity contribution in [3.8, 4) is 0 Å². The van der Waals surface area contributed by atoms with Crippen LogP contribution in [-0.2, 0) is 4.74 Å². The van der Waals surface area contributed by atoms with E-state index in [9.17, 15) is 0 Å². The van der Waals surface area contributed by atoms with Crippen LogP contribution in [0.15, 0.2) is 0 Å². The average molecular weight is 128 g/mol. The Labute approximate surface area is 54.8 Å². The van der Waals surface area contributed by atoms with E-state index in [0.29, 0.717) is 12.1 Å². The second kappa shape index (κ2) is 2.25. The highest BCUT2D eigenvalue weighted by Crippen LogP contribution is 2.07. The van der Waals surface area contributed by atoms with Gasteiger partial charge in [-0.25, -0.2) is 0 Å². The van der Waals surface area contributed by atoms with Crippen LogP contribution in [0.2, 0.25) is 0 Å². The maximum Gasteiger partial charge on any atom is 0.0865 e. The van der Waals surface area contributed by atoms with Crippen molar-refractivity contribution in [1.82, 2.24) is 10.6 Å². The van der Waals surface area contributed by atoms with E-state index in [4.69, 9.17) is 4.74 Å². The molecule has 3 heteroatoms. The van der Waals surface area contributed by atoms with Crippen LogP contribution in [0.3, 0.4) is 0 Å². The van der Waals surface area contributed by atoms with Crippen LogP contribution in [0.25, 0.3) is 0 Å². The minimum Gasteiger partial charge on any atom is -0.374 e. The predicted molar refractivity (Wildman–Crippen MR) is 34.4 cm³/mol. The third-order valence-corrected chi connectivity index (χ3v) is 2.00. The van der Waals surface area contributed by atoms with E-state index in [2.05, 4.69) is 10.6 Å². The molecule has 3 nitrogen and oxygen atoms in total. The van der Waals surface area contributed by atoms with Crippen LogP contribution in [0.1, 0.15) is 0 Å². The molecule has 2 saturated heterocycles. The van der Waals surface area contributed by atoms with Gasteiger partial charge in [0.05, 0.1) is 12.7 Å². The largest absolute Gasteiger partial charge is 0.374 e. The summed E-state index contributed by atoms with van der Waals surface area (Å²) in [5.41, 5.74) is 0. The van der Waals surface area contributed by atoms with Gasteiger partial charge in [-0.05, 0) is 0 Å². The lowest BCUT2D eigenvalue weighted by molar-refractivity contribution is 0.0207. The van der Waals surface area contributed by atoms with Crippen LogP contribution < -0.4 is 10.6 Å². The monoisotopic (exact) mass is 128 g/mol. The summed E-state index contributed by atoms with van der Waals surface area (Å²) in [4.78, 5) is 0. The van der Waals surface area contributed by atoms with Gasteiger partial charge in [-0.15, -0.1) is 0 Å². The molecule has 0 radical (unpaired) electrons. The van der Waals surface area contributed by atoms with Gasteiger partial charge in [-0.2, -0.15) is 0 Å². The normalized spacial score (nSPS) is 42.7. The van der Waals surface area contributed by atoms with Crippen LogP contribution in [-0.4, -0.2) is 38.4 Å². The fraction of sp³-hybridized carbons (Fsp3) is 1.00. The minimum absolute atomic E-state index is 0.443. The highest BCUT2D eigenvalue weighted by molar-refractivity contribution is 4.89. The molecule has 0 amide bonds. The molecule has 0 aliphatic carbocycles. The van der Waals surface area contributed by atoms with E-state index >= 15 is 0 Å². The second-order valence-corrected chi connectivity index (χ2v) is 2.63. The van der Waals surface area contributed by atoms with Gasteiger partial charge in [0.25, 0.3) is 0 Å². The zero-order valence-corrected chi connectivity index (χ0v) is 5.39. The molecule has 2 N–H and O–H groups in total. The molecule has 0 spiro atoms. The van der Waals surface area contributed by atoms with Gasteiger partial charge < -0.3 is 15.4 Å². The first-order chi connectivity index (χ1) is 4.47. The quantitative estimate of drug-likeness (QED) is 0.436. The molecular formula is C6H12N2O. The summed E-state index contributed by atoms with van der Waals surface area (Å²) in [6.07, 6.45) is 0.443. The molecule has 2 fully saturated rings. The molecule has 2 aliphatic heterocycles. The van der Waals surface area contributed by atoms with Crippen molar-refractivity contribution in [2.24, 2.45) is 0 Å². The summed E-state index contributed by atoms with van der Waals surface area (Å²) in [6, 6.07) is 0.582. The first-order valence-corrected chi connectivity index (χ1v) is 3.52. The Morgan fingerprint density at radius 1 is 1.33 bits per heavy atom. The van der Waals surface area contributed by atoms with Gasteiger partial charge in [-0.1, -0.05) is 0 Å². The van der Waals surface area contributed by atoms with Gasteiger partial charge >= 0.3 is 0 Å². The zero-order chi connectivity index (χ0) is 6.10. The van der Waals surface area contributed by atoms with Crippen LogP contribution in [0.5, 0.6) is 0 Å². The molecule has 2 aliphatic rings. The SMILES string of the molecule is C1CO[C@@H]2CNC[C@@H]2N1. The molecular weight excluding hydrogens is 116 g/mol. The van der Waals surface area contributed by atoms with Crippen LogP contribution in [0.4, 0.5) is 0 Å². The van der Waals surface area contributed by atoms with Gasteiger partial charge in [0.1, 0.15) is 0 Å². The average Bonchev–Trinajstić information content (AvgIpc) is 2.33. The Kier molecular flexibility index (Phi) is 1.41. The van der Waals surface area contributed by atoms with Crippen molar-refractivity contribution >= 4 is 0 Å². The van der Waals surface area contributed by atoms with E-state index in [1.807, 2.05) is 0 Å². The van der Waals surface area contributed by atoms with Gasteiger partial charge in [0.2, 0.25) is 0 Å². The van der Waals surface area contributed by atoms with E-state index in [1.54, 1.807) is 0 Å². The number of rotatable bonds is 0. The minimum atomic E-state index is 0.443. The number of morpholine rings is 1. The predicted octanol–water partition coefficient (Wildman–Crippen LogP) is -1.05. The molecule has 2 rings (SSSR count). The summed E-state index contributed by atoms with van der Waals surface area (Å²) in [6.45, 7) is 3.99. The fourth-order valence-electron chi connectivity index (χ4n) is 1.49. The highest BCUT2D eigenvalue weighted by atomic mass is 16.5. The smallest absolute Gasteiger partial charge is 0.0865 e. The fourth-order valence-corrected chi connectivity index (χ4v) is 1.49. The summed E-state index contributed by atoms with van der Waals surface area (Å²) < 4.78 is 5.48. The Morgan fingerprint density at radius 3 is 3.22 bits per heavy atom. The van der Waals surface area contributed by atoms with Crippen molar-refractivity contribution < 1.29 is 4.74 Å². The Bertz CT molecular complexity index is 95.2.